The Bertz CT molecular complexity index is 1010. The summed E-state index contributed by atoms with van der Waals surface area (Å²) in [6.07, 6.45) is 0.842. The molecule has 5 heteroatoms. The van der Waals surface area contributed by atoms with Crippen molar-refractivity contribution in [1.29, 1.82) is 0 Å². The summed E-state index contributed by atoms with van der Waals surface area (Å²) in [4.78, 5) is 23.9. The van der Waals surface area contributed by atoms with E-state index in [9.17, 15) is 9.59 Å². The molecule has 0 N–H and O–H groups in total. The SMILES string of the molecule is CCc1ccc2c(COC(=O)COc3c(C)cccc3C)cc(=O)oc2c1. The fourth-order valence-electron chi connectivity index (χ4n) is 2.97. The zero-order valence-corrected chi connectivity index (χ0v) is 15.7. The first-order valence-corrected chi connectivity index (χ1v) is 8.88. The number of fused-ring (bicyclic) bond motifs is 1. The summed E-state index contributed by atoms with van der Waals surface area (Å²) in [7, 11) is 0. The summed E-state index contributed by atoms with van der Waals surface area (Å²) in [5.41, 5.74) is 3.64. The summed E-state index contributed by atoms with van der Waals surface area (Å²) in [5.74, 6) is 0.191. The van der Waals surface area contributed by atoms with Gasteiger partial charge in [-0.15, -0.1) is 0 Å². The summed E-state index contributed by atoms with van der Waals surface area (Å²) in [6, 6.07) is 12.8. The molecule has 27 heavy (non-hydrogen) atoms. The van der Waals surface area contributed by atoms with Crippen LogP contribution in [0.25, 0.3) is 11.0 Å². The topological polar surface area (TPSA) is 65.7 Å². The first-order chi connectivity index (χ1) is 13.0. The van der Waals surface area contributed by atoms with Crippen LogP contribution >= 0.6 is 0 Å². The molecule has 5 nitrogen and oxygen atoms in total. The van der Waals surface area contributed by atoms with Gasteiger partial charge in [-0.05, 0) is 43.0 Å². The van der Waals surface area contributed by atoms with Gasteiger partial charge >= 0.3 is 11.6 Å². The lowest BCUT2D eigenvalue weighted by atomic mass is 10.1. The second-order valence-corrected chi connectivity index (χ2v) is 6.45. The van der Waals surface area contributed by atoms with E-state index < -0.39 is 11.6 Å². The number of benzene rings is 2. The summed E-state index contributed by atoms with van der Waals surface area (Å²) in [5, 5.41) is 0.760. The van der Waals surface area contributed by atoms with Gasteiger partial charge in [-0.25, -0.2) is 9.59 Å². The zero-order valence-electron chi connectivity index (χ0n) is 15.7. The number of esters is 1. The molecule has 140 valence electrons. The second kappa shape index (κ2) is 8.08. The molecule has 1 aromatic heterocycles. The zero-order chi connectivity index (χ0) is 19.4. The number of carbonyl (C=O) groups is 1. The van der Waals surface area contributed by atoms with E-state index >= 15 is 0 Å². The number of hydrogen-bond acceptors (Lipinski definition) is 5. The van der Waals surface area contributed by atoms with E-state index in [1.54, 1.807) is 0 Å². The van der Waals surface area contributed by atoms with Crippen LogP contribution in [0.15, 0.2) is 51.7 Å². The number of rotatable bonds is 6. The van der Waals surface area contributed by atoms with Crippen LogP contribution in [-0.4, -0.2) is 12.6 Å². The summed E-state index contributed by atoms with van der Waals surface area (Å²) in [6.45, 7) is 5.68. The van der Waals surface area contributed by atoms with Crippen molar-refractivity contribution in [3.63, 3.8) is 0 Å². The van der Waals surface area contributed by atoms with Crippen LogP contribution in [0.3, 0.4) is 0 Å². The van der Waals surface area contributed by atoms with Gasteiger partial charge in [-0.2, -0.15) is 0 Å². The van der Waals surface area contributed by atoms with Crippen molar-refractivity contribution in [2.75, 3.05) is 6.61 Å². The Kier molecular flexibility index (Phi) is 5.60. The minimum atomic E-state index is -0.496. The van der Waals surface area contributed by atoms with Gasteiger partial charge in [0.15, 0.2) is 6.61 Å². The lowest BCUT2D eigenvalue weighted by molar-refractivity contribution is -0.147. The Morgan fingerprint density at radius 2 is 1.81 bits per heavy atom. The molecule has 0 aliphatic carbocycles. The predicted molar refractivity (Wildman–Crippen MR) is 103 cm³/mol. The molecule has 0 atom stereocenters. The largest absolute Gasteiger partial charge is 0.481 e. The van der Waals surface area contributed by atoms with Crippen molar-refractivity contribution >= 4 is 16.9 Å². The molecule has 3 aromatic rings. The molecular formula is C22H22O5. The van der Waals surface area contributed by atoms with E-state index in [4.69, 9.17) is 13.9 Å². The second-order valence-electron chi connectivity index (χ2n) is 6.45. The quantitative estimate of drug-likeness (QED) is 0.485. The van der Waals surface area contributed by atoms with Gasteiger partial charge in [0.1, 0.15) is 17.9 Å². The van der Waals surface area contributed by atoms with Crippen LogP contribution in [0.5, 0.6) is 5.75 Å². The summed E-state index contributed by atoms with van der Waals surface area (Å²) < 4.78 is 16.2. The van der Waals surface area contributed by atoms with Crippen LogP contribution < -0.4 is 10.4 Å². The lowest BCUT2D eigenvalue weighted by Crippen LogP contribution is -2.16. The van der Waals surface area contributed by atoms with E-state index in [2.05, 4.69) is 0 Å². The molecule has 0 unspecified atom stereocenters. The standard InChI is InChI=1S/C22H22O5/c1-4-16-8-9-18-17(11-20(23)27-19(18)10-16)12-25-21(24)13-26-22-14(2)6-5-7-15(22)3/h5-11H,4,12-13H2,1-3H3. The Balaban J connectivity index is 1.69. The van der Waals surface area contributed by atoms with Gasteiger partial charge in [0.25, 0.3) is 0 Å². The maximum Gasteiger partial charge on any atom is 0.344 e. The number of ether oxygens (including phenoxy) is 2. The van der Waals surface area contributed by atoms with Crippen LogP contribution in [0.2, 0.25) is 0 Å². The molecule has 0 aliphatic heterocycles. The number of carbonyl (C=O) groups excluding carboxylic acids is 1. The highest BCUT2D eigenvalue weighted by Gasteiger charge is 2.11. The molecule has 0 saturated heterocycles. The predicted octanol–water partition coefficient (Wildman–Crippen LogP) is 4.09. The lowest BCUT2D eigenvalue weighted by Gasteiger charge is -2.12. The third-order valence-corrected chi connectivity index (χ3v) is 4.43. The van der Waals surface area contributed by atoms with E-state index in [0.717, 1.165) is 28.5 Å². The monoisotopic (exact) mass is 366 g/mol. The molecule has 0 radical (unpaired) electrons. The molecule has 2 aromatic carbocycles. The number of aryl methyl sites for hydroxylation is 3. The Labute approximate surface area is 157 Å². The van der Waals surface area contributed by atoms with Crippen LogP contribution in [0, 0.1) is 13.8 Å². The third kappa shape index (κ3) is 4.37. The fourth-order valence-corrected chi connectivity index (χ4v) is 2.97. The third-order valence-electron chi connectivity index (χ3n) is 4.43. The molecule has 0 fully saturated rings. The maximum atomic E-state index is 12.1. The molecule has 0 spiro atoms. The molecular weight excluding hydrogens is 344 g/mol. The Morgan fingerprint density at radius 1 is 1.07 bits per heavy atom. The fraction of sp³-hybridized carbons (Fsp3) is 0.273. The molecule has 1 heterocycles. The van der Waals surface area contributed by atoms with E-state index in [-0.39, 0.29) is 13.2 Å². The Morgan fingerprint density at radius 3 is 2.52 bits per heavy atom. The molecule has 0 amide bonds. The first-order valence-electron chi connectivity index (χ1n) is 8.88. The average molecular weight is 366 g/mol. The molecule has 0 aliphatic rings. The van der Waals surface area contributed by atoms with Gasteiger partial charge in [-0.3, -0.25) is 0 Å². The maximum absolute atomic E-state index is 12.1. The highest BCUT2D eigenvalue weighted by atomic mass is 16.6. The van der Waals surface area contributed by atoms with Crippen molar-refractivity contribution in [1.82, 2.24) is 0 Å². The normalized spacial score (nSPS) is 10.8. The van der Waals surface area contributed by atoms with E-state index in [1.165, 1.54) is 6.07 Å². The van der Waals surface area contributed by atoms with Gasteiger partial charge in [-0.1, -0.05) is 37.3 Å². The van der Waals surface area contributed by atoms with Gasteiger partial charge in [0, 0.05) is 17.0 Å². The van der Waals surface area contributed by atoms with Crippen LogP contribution in [-0.2, 0) is 22.6 Å². The Hall–Kier alpha value is -3.08. The summed E-state index contributed by atoms with van der Waals surface area (Å²) >= 11 is 0. The first kappa shape index (κ1) is 18.7. The van der Waals surface area contributed by atoms with Crippen molar-refractivity contribution in [3.05, 3.63) is 75.1 Å². The molecule has 0 bridgehead atoms. The van der Waals surface area contributed by atoms with Crippen molar-refractivity contribution in [2.24, 2.45) is 0 Å². The number of hydrogen-bond donors (Lipinski definition) is 0. The minimum Gasteiger partial charge on any atom is -0.481 e. The van der Waals surface area contributed by atoms with Crippen LogP contribution in [0.1, 0.15) is 29.2 Å². The van der Waals surface area contributed by atoms with E-state index in [1.807, 2.05) is 57.2 Å². The van der Waals surface area contributed by atoms with Crippen molar-refractivity contribution < 1.29 is 18.7 Å². The van der Waals surface area contributed by atoms with Gasteiger partial charge in [0.2, 0.25) is 0 Å². The smallest absolute Gasteiger partial charge is 0.344 e. The van der Waals surface area contributed by atoms with Crippen molar-refractivity contribution in [2.45, 2.75) is 33.8 Å². The highest BCUT2D eigenvalue weighted by molar-refractivity contribution is 5.81. The van der Waals surface area contributed by atoms with Gasteiger partial charge in [0.05, 0.1) is 0 Å². The molecule has 3 rings (SSSR count). The highest BCUT2D eigenvalue weighted by Crippen LogP contribution is 2.23. The minimum absolute atomic E-state index is 0.0114. The average Bonchev–Trinajstić information content (AvgIpc) is 2.65. The van der Waals surface area contributed by atoms with E-state index in [0.29, 0.717) is 16.9 Å². The van der Waals surface area contributed by atoms with Crippen LogP contribution in [0.4, 0.5) is 0 Å². The van der Waals surface area contributed by atoms with Crippen molar-refractivity contribution in [3.8, 4) is 5.75 Å². The molecule has 0 saturated carbocycles. The van der Waals surface area contributed by atoms with Gasteiger partial charge < -0.3 is 13.9 Å². The number of para-hydroxylation sites is 1.